The number of benzene rings is 1. The van der Waals surface area contributed by atoms with E-state index in [4.69, 9.17) is 4.74 Å². The summed E-state index contributed by atoms with van der Waals surface area (Å²) in [6.45, 7) is 6.98. The number of anilines is 2. The first-order chi connectivity index (χ1) is 14.4. The lowest BCUT2D eigenvalue weighted by Crippen LogP contribution is -2.31. The first-order valence-corrected chi connectivity index (χ1v) is 9.51. The Bertz CT molecular complexity index is 1160. The Morgan fingerprint density at radius 1 is 1.16 bits per heavy atom. The summed E-state index contributed by atoms with van der Waals surface area (Å²) in [7, 11) is 0. The van der Waals surface area contributed by atoms with Gasteiger partial charge < -0.3 is 10.1 Å². The van der Waals surface area contributed by atoms with Gasteiger partial charge in [0.25, 0.3) is 5.56 Å². The minimum Gasteiger partial charge on any atom is -0.459 e. The molecule has 0 fully saturated rings. The molecule has 3 rings (SSSR count). The first kappa shape index (κ1) is 22.3. The van der Waals surface area contributed by atoms with E-state index in [0.29, 0.717) is 12.2 Å². The van der Waals surface area contributed by atoms with Crippen molar-refractivity contribution < 1.29 is 22.7 Å². The van der Waals surface area contributed by atoms with E-state index in [1.54, 1.807) is 27.7 Å². The smallest absolute Gasteiger partial charge is 0.416 e. The van der Waals surface area contributed by atoms with Gasteiger partial charge in [-0.05, 0) is 52.0 Å². The number of fused-ring (bicyclic) bond motifs is 1. The van der Waals surface area contributed by atoms with E-state index >= 15 is 0 Å². The molecule has 0 aliphatic rings. The predicted molar refractivity (Wildman–Crippen MR) is 108 cm³/mol. The van der Waals surface area contributed by atoms with Gasteiger partial charge in [0, 0.05) is 12.2 Å². The van der Waals surface area contributed by atoms with Crippen molar-refractivity contribution in [1.29, 1.82) is 0 Å². The van der Waals surface area contributed by atoms with Crippen LogP contribution in [0.2, 0.25) is 0 Å². The number of alkyl halides is 3. The molecule has 166 valence electrons. The van der Waals surface area contributed by atoms with Gasteiger partial charge in [0.1, 0.15) is 17.7 Å². The highest BCUT2D eigenvalue weighted by atomic mass is 19.4. The molecule has 0 aliphatic heterocycles. The SMILES string of the molecule is CCn1nc(Nc2ccc(C(F)(F)F)cc2)c2ncn(CC(=O)OC(C)(C)C)c(=O)c21. The molecule has 1 aromatic carbocycles. The summed E-state index contributed by atoms with van der Waals surface area (Å²) in [6, 6.07) is 4.43. The molecule has 3 aromatic rings. The number of aromatic nitrogens is 4. The molecule has 1 N–H and O–H groups in total. The van der Waals surface area contributed by atoms with Crippen molar-refractivity contribution in [2.75, 3.05) is 5.32 Å². The van der Waals surface area contributed by atoms with Gasteiger partial charge in [0.15, 0.2) is 11.3 Å². The average molecular weight is 437 g/mol. The number of rotatable bonds is 5. The Morgan fingerprint density at radius 3 is 2.35 bits per heavy atom. The normalized spacial score (nSPS) is 12.2. The first-order valence-electron chi connectivity index (χ1n) is 9.51. The van der Waals surface area contributed by atoms with Gasteiger partial charge in [-0.2, -0.15) is 18.3 Å². The molecule has 0 spiro atoms. The lowest BCUT2D eigenvalue weighted by molar-refractivity contribution is -0.155. The van der Waals surface area contributed by atoms with E-state index < -0.39 is 28.9 Å². The molecule has 0 amide bonds. The van der Waals surface area contributed by atoms with Gasteiger partial charge in [-0.1, -0.05) is 0 Å². The standard InChI is InChI=1S/C20H22F3N5O3/c1-5-28-16-15(24-11-27(18(16)30)10-14(29)31-19(2,3)4)17(26-28)25-13-8-6-12(7-9-13)20(21,22)23/h6-9,11H,5,10H2,1-4H3,(H,25,26). The van der Waals surface area contributed by atoms with Gasteiger partial charge in [-0.15, -0.1) is 0 Å². The number of hydrogen-bond acceptors (Lipinski definition) is 6. The summed E-state index contributed by atoms with van der Waals surface area (Å²) in [4.78, 5) is 29.3. The van der Waals surface area contributed by atoms with Crippen LogP contribution < -0.4 is 10.9 Å². The van der Waals surface area contributed by atoms with Crippen molar-refractivity contribution in [3.63, 3.8) is 0 Å². The molecule has 0 unspecified atom stereocenters. The molecular formula is C20H22F3N5O3. The Labute approximate surface area is 175 Å². The molecule has 31 heavy (non-hydrogen) atoms. The monoisotopic (exact) mass is 437 g/mol. The Kier molecular flexibility index (Phi) is 5.79. The third-order valence-corrected chi connectivity index (χ3v) is 4.21. The predicted octanol–water partition coefficient (Wildman–Crippen LogP) is 3.72. The second-order valence-electron chi connectivity index (χ2n) is 7.83. The third kappa shape index (κ3) is 5.04. The fourth-order valence-corrected chi connectivity index (χ4v) is 2.92. The van der Waals surface area contributed by atoms with Crippen molar-refractivity contribution in [1.82, 2.24) is 19.3 Å². The molecule has 0 aliphatic carbocycles. The number of nitrogens with one attached hydrogen (secondary N) is 1. The molecule has 2 aromatic heterocycles. The van der Waals surface area contributed by atoms with Crippen LogP contribution in [-0.2, 0) is 28.8 Å². The Balaban J connectivity index is 1.93. The number of carbonyl (C=O) groups is 1. The lowest BCUT2D eigenvalue weighted by Gasteiger charge is -2.19. The van der Waals surface area contributed by atoms with Crippen LogP contribution in [0.25, 0.3) is 11.0 Å². The maximum absolute atomic E-state index is 12.9. The zero-order chi connectivity index (χ0) is 23.0. The number of aryl methyl sites for hydroxylation is 1. The number of ether oxygens (including phenoxy) is 1. The van der Waals surface area contributed by atoms with Crippen LogP contribution in [0.1, 0.15) is 33.3 Å². The second-order valence-corrected chi connectivity index (χ2v) is 7.83. The van der Waals surface area contributed by atoms with E-state index in [1.807, 2.05) is 0 Å². The van der Waals surface area contributed by atoms with Gasteiger partial charge in [-0.3, -0.25) is 18.8 Å². The maximum Gasteiger partial charge on any atom is 0.416 e. The summed E-state index contributed by atoms with van der Waals surface area (Å²) < 4.78 is 46.0. The number of hydrogen-bond donors (Lipinski definition) is 1. The van der Waals surface area contributed by atoms with Crippen molar-refractivity contribution in [3.8, 4) is 0 Å². The summed E-state index contributed by atoms with van der Waals surface area (Å²) in [6.07, 6.45) is -3.22. The van der Waals surface area contributed by atoms with Crippen molar-refractivity contribution >= 4 is 28.5 Å². The van der Waals surface area contributed by atoms with Crippen LogP contribution in [0, 0.1) is 0 Å². The fraction of sp³-hybridized carbons (Fsp3) is 0.400. The zero-order valence-electron chi connectivity index (χ0n) is 17.4. The highest BCUT2D eigenvalue weighted by Gasteiger charge is 2.30. The topological polar surface area (TPSA) is 91.0 Å². The summed E-state index contributed by atoms with van der Waals surface area (Å²) >= 11 is 0. The quantitative estimate of drug-likeness (QED) is 0.612. The van der Waals surface area contributed by atoms with Crippen molar-refractivity contribution in [2.45, 2.75) is 52.6 Å². The number of carbonyl (C=O) groups excluding carboxylic acids is 1. The Hall–Kier alpha value is -3.37. The molecule has 8 nitrogen and oxygen atoms in total. The molecule has 11 heteroatoms. The Morgan fingerprint density at radius 2 is 1.81 bits per heavy atom. The minimum absolute atomic E-state index is 0.169. The molecule has 0 radical (unpaired) electrons. The van der Waals surface area contributed by atoms with E-state index in [9.17, 15) is 22.8 Å². The van der Waals surface area contributed by atoms with Crippen LogP contribution in [0.3, 0.4) is 0 Å². The van der Waals surface area contributed by atoms with Crippen molar-refractivity contribution in [2.24, 2.45) is 0 Å². The van der Waals surface area contributed by atoms with Gasteiger partial charge >= 0.3 is 12.1 Å². The third-order valence-electron chi connectivity index (χ3n) is 4.21. The van der Waals surface area contributed by atoms with Crippen LogP contribution in [0.5, 0.6) is 0 Å². The number of nitrogens with zero attached hydrogens (tertiary/aromatic N) is 4. The van der Waals surface area contributed by atoms with Gasteiger partial charge in [0.2, 0.25) is 0 Å². The molecule has 0 saturated carbocycles. The molecule has 0 atom stereocenters. The fourth-order valence-electron chi connectivity index (χ4n) is 2.92. The van der Waals surface area contributed by atoms with E-state index in [-0.39, 0.29) is 23.4 Å². The average Bonchev–Trinajstić information content (AvgIpc) is 3.00. The van der Waals surface area contributed by atoms with E-state index in [1.165, 1.54) is 23.1 Å². The molecule has 2 heterocycles. The number of halogens is 3. The van der Waals surface area contributed by atoms with E-state index in [2.05, 4.69) is 15.4 Å². The molecule has 0 saturated heterocycles. The van der Waals surface area contributed by atoms with Crippen molar-refractivity contribution in [3.05, 3.63) is 46.5 Å². The van der Waals surface area contributed by atoms with E-state index in [0.717, 1.165) is 16.7 Å². The van der Waals surface area contributed by atoms with Gasteiger partial charge in [0.05, 0.1) is 11.9 Å². The maximum atomic E-state index is 12.9. The largest absolute Gasteiger partial charge is 0.459 e. The number of esters is 1. The van der Waals surface area contributed by atoms with Crippen LogP contribution in [0.4, 0.5) is 24.7 Å². The van der Waals surface area contributed by atoms with Crippen LogP contribution in [0.15, 0.2) is 35.4 Å². The summed E-state index contributed by atoms with van der Waals surface area (Å²) in [5.41, 5.74) is -1.18. The summed E-state index contributed by atoms with van der Waals surface area (Å²) in [5, 5.41) is 7.20. The van der Waals surface area contributed by atoms with Crippen LogP contribution >= 0.6 is 0 Å². The minimum atomic E-state index is -4.43. The zero-order valence-corrected chi connectivity index (χ0v) is 17.4. The second kappa shape index (κ2) is 8.05. The molecular weight excluding hydrogens is 415 g/mol. The summed E-state index contributed by atoms with van der Waals surface area (Å²) in [5.74, 6) is -0.362. The molecule has 0 bridgehead atoms. The lowest BCUT2D eigenvalue weighted by atomic mass is 10.2. The van der Waals surface area contributed by atoms with Gasteiger partial charge in [-0.25, -0.2) is 4.98 Å². The highest BCUT2D eigenvalue weighted by Crippen LogP contribution is 2.30. The highest BCUT2D eigenvalue weighted by molar-refractivity contribution is 5.87. The van der Waals surface area contributed by atoms with Crippen LogP contribution in [-0.4, -0.2) is 30.9 Å².